The van der Waals surface area contributed by atoms with Crippen LogP contribution in [-0.2, 0) is 4.79 Å². The molecule has 4 heteroatoms. The second-order valence-corrected chi connectivity index (χ2v) is 6.43. The predicted octanol–water partition coefficient (Wildman–Crippen LogP) is 1.07. The number of rotatable bonds is 3. The Morgan fingerprint density at radius 2 is 1.74 bits per heavy atom. The summed E-state index contributed by atoms with van der Waals surface area (Å²) in [7, 11) is 0. The summed E-state index contributed by atoms with van der Waals surface area (Å²) in [6, 6.07) is 0.120. The number of carbonyl (C=O) groups excluding carboxylic acids is 1. The second kappa shape index (κ2) is 6.23. The zero-order chi connectivity index (χ0) is 13.1. The van der Waals surface area contributed by atoms with Crippen molar-refractivity contribution in [1.82, 2.24) is 15.1 Å². The molecule has 0 unspecified atom stereocenters. The lowest BCUT2D eigenvalue weighted by atomic mass is 9.95. The van der Waals surface area contributed by atoms with Gasteiger partial charge in [0.2, 0.25) is 5.91 Å². The lowest BCUT2D eigenvalue weighted by Gasteiger charge is -2.35. The third kappa shape index (κ3) is 3.29. The Morgan fingerprint density at radius 1 is 1.00 bits per heavy atom. The summed E-state index contributed by atoms with van der Waals surface area (Å²) in [6.07, 6.45) is 7.35. The van der Waals surface area contributed by atoms with Gasteiger partial charge in [-0.2, -0.15) is 0 Å². The first-order valence-electron chi connectivity index (χ1n) is 8.07. The minimum Gasteiger partial charge on any atom is -0.341 e. The Morgan fingerprint density at radius 3 is 2.37 bits per heavy atom. The smallest absolute Gasteiger partial charge is 0.239 e. The Hall–Kier alpha value is -0.610. The van der Waals surface area contributed by atoms with E-state index >= 15 is 0 Å². The van der Waals surface area contributed by atoms with Crippen molar-refractivity contribution in [2.24, 2.45) is 5.92 Å². The monoisotopic (exact) mass is 265 g/mol. The maximum atomic E-state index is 12.3. The van der Waals surface area contributed by atoms with Crippen molar-refractivity contribution in [3.8, 4) is 0 Å². The highest BCUT2D eigenvalue weighted by Gasteiger charge is 2.30. The fraction of sp³-hybridized carbons (Fsp3) is 0.933. The van der Waals surface area contributed by atoms with Gasteiger partial charge in [0.15, 0.2) is 0 Å². The average Bonchev–Trinajstić information content (AvgIpc) is 3.12. The van der Waals surface area contributed by atoms with Crippen LogP contribution in [0.2, 0.25) is 0 Å². The van der Waals surface area contributed by atoms with Gasteiger partial charge in [-0.15, -0.1) is 0 Å². The van der Waals surface area contributed by atoms with E-state index in [0.717, 1.165) is 38.4 Å². The molecule has 3 aliphatic heterocycles. The molecule has 3 aliphatic rings. The van der Waals surface area contributed by atoms with Crippen molar-refractivity contribution in [3.63, 3.8) is 0 Å². The molecule has 3 rings (SSSR count). The van der Waals surface area contributed by atoms with Gasteiger partial charge in [-0.25, -0.2) is 0 Å². The number of piperidine rings is 1. The van der Waals surface area contributed by atoms with E-state index in [4.69, 9.17) is 0 Å². The highest BCUT2D eigenvalue weighted by Crippen LogP contribution is 2.22. The molecule has 3 heterocycles. The van der Waals surface area contributed by atoms with E-state index in [-0.39, 0.29) is 6.04 Å². The van der Waals surface area contributed by atoms with Crippen LogP contribution in [-0.4, -0.2) is 61.0 Å². The summed E-state index contributed by atoms with van der Waals surface area (Å²) in [4.78, 5) is 17.0. The largest absolute Gasteiger partial charge is 0.341 e. The molecular formula is C15H27N3O. The van der Waals surface area contributed by atoms with Crippen molar-refractivity contribution >= 4 is 5.91 Å². The van der Waals surface area contributed by atoms with Crippen LogP contribution in [0, 0.1) is 5.92 Å². The second-order valence-electron chi connectivity index (χ2n) is 6.43. The van der Waals surface area contributed by atoms with Crippen LogP contribution < -0.4 is 5.32 Å². The molecule has 0 aromatic carbocycles. The molecule has 0 aromatic rings. The first-order valence-corrected chi connectivity index (χ1v) is 8.07. The summed E-state index contributed by atoms with van der Waals surface area (Å²) in [5.74, 6) is 1.18. The number of amides is 1. The number of hydrogen-bond acceptors (Lipinski definition) is 3. The standard InChI is InChI=1S/C15H27N3O/c19-15(14-4-3-7-16-14)18-10-5-13(6-11-18)12-17-8-1-2-9-17/h13-14,16H,1-12H2/t14-/m0/s1. The molecule has 108 valence electrons. The van der Waals surface area contributed by atoms with Crippen molar-refractivity contribution < 1.29 is 4.79 Å². The van der Waals surface area contributed by atoms with E-state index in [1.807, 2.05) is 0 Å². The molecule has 0 bridgehead atoms. The maximum Gasteiger partial charge on any atom is 0.239 e. The molecular weight excluding hydrogens is 238 g/mol. The summed E-state index contributed by atoms with van der Waals surface area (Å²) in [6.45, 7) is 6.84. The normalized spacial score (nSPS) is 30.1. The number of nitrogens with one attached hydrogen (secondary N) is 1. The van der Waals surface area contributed by atoms with Gasteiger partial charge in [-0.1, -0.05) is 0 Å². The highest BCUT2D eigenvalue weighted by molar-refractivity contribution is 5.82. The molecule has 0 aliphatic carbocycles. The predicted molar refractivity (Wildman–Crippen MR) is 76.0 cm³/mol. The molecule has 0 aromatic heterocycles. The number of carbonyl (C=O) groups is 1. The lowest BCUT2D eigenvalue weighted by Crippen LogP contribution is -2.48. The SMILES string of the molecule is O=C([C@@H]1CCCN1)N1CCC(CN2CCCC2)CC1. The quantitative estimate of drug-likeness (QED) is 0.829. The first-order chi connectivity index (χ1) is 9.33. The molecule has 1 amide bonds. The third-order valence-corrected chi connectivity index (χ3v) is 5.00. The Kier molecular flexibility index (Phi) is 4.38. The topological polar surface area (TPSA) is 35.6 Å². The van der Waals surface area contributed by atoms with Crippen LogP contribution in [0.25, 0.3) is 0 Å². The van der Waals surface area contributed by atoms with E-state index in [2.05, 4.69) is 15.1 Å². The van der Waals surface area contributed by atoms with Crippen LogP contribution in [0.1, 0.15) is 38.5 Å². The fourth-order valence-electron chi connectivity index (χ4n) is 3.78. The highest BCUT2D eigenvalue weighted by atomic mass is 16.2. The van der Waals surface area contributed by atoms with Gasteiger partial charge in [-0.3, -0.25) is 4.79 Å². The van der Waals surface area contributed by atoms with Gasteiger partial charge in [0.1, 0.15) is 0 Å². The molecule has 0 radical (unpaired) electrons. The van der Waals surface area contributed by atoms with Crippen molar-refractivity contribution in [2.75, 3.05) is 39.3 Å². The van der Waals surface area contributed by atoms with E-state index in [9.17, 15) is 4.79 Å². The van der Waals surface area contributed by atoms with Gasteiger partial charge in [0, 0.05) is 19.6 Å². The van der Waals surface area contributed by atoms with E-state index in [0.29, 0.717) is 5.91 Å². The minimum absolute atomic E-state index is 0.120. The van der Waals surface area contributed by atoms with Crippen LogP contribution >= 0.6 is 0 Å². The van der Waals surface area contributed by atoms with Crippen LogP contribution in [0.3, 0.4) is 0 Å². The van der Waals surface area contributed by atoms with Crippen molar-refractivity contribution in [1.29, 1.82) is 0 Å². The van der Waals surface area contributed by atoms with Crippen LogP contribution in [0.5, 0.6) is 0 Å². The van der Waals surface area contributed by atoms with Crippen molar-refractivity contribution in [3.05, 3.63) is 0 Å². The Balaban J connectivity index is 1.42. The molecule has 1 atom stereocenters. The van der Waals surface area contributed by atoms with Crippen molar-refractivity contribution in [2.45, 2.75) is 44.6 Å². The van der Waals surface area contributed by atoms with E-state index in [1.165, 1.54) is 45.3 Å². The molecule has 0 spiro atoms. The van der Waals surface area contributed by atoms with E-state index < -0.39 is 0 Å². The fourth-order valence-corrected chi connectivity index (χ4v) is 3.78. The summed E-state index contributed by atoms with van der Waals surface area (Å²) < 4.78 is 0. The van der Waals surface area contributed by atoms with Gasteiger partial charge < -0.3 is 15.1 Å². The third-order valence-electron chi connectivity index (χ3n) is 5.00. The van der Waals surface area contributed by atoms with E-state index in [1.54, 1.807) is 0 Å². The minimum atomic E-state index is 0.120. The molecule has 1 N–H and O–H groups in total. The number of hydrogen-bond donors (Lipinski definition) is 1. The maximum absolute atomic E-state index is 12.3. The average molecular weight is 265 g/mol. The molecule has 3 saturated heterocycles. The summed E-state index contributed by atoms with van der Waals surface area (Å²) in [5.41, 5.74) is 0. The zero-order valence-electron chi connectivity index (χ0n) is 11.9. The number of nitrogens with zero attached hydrogens (tertiary/aromatic N) is 2. The Labute approximate surface area is 116 Å². The lowest BCUT2D eigenvalue weighted by molar-refractivity contribution is -0.134. The van der Waals surface area contributed by atoms with Gasteiger partial charge in [-0.05, 0) is 64.1 Å². The summed E-state index contributed by atoms with van der Waals surface area (Å²) >= 11 is 0. The number of likely N-dealkylation sites (tertiary alicyclic amines) is 2. The van der Waals surface area contributed by atoms with Gasteiger partial charge in [0.05, 0.1) is 6.04 Å². The molecule has 0 saturated carbocycles. The molecule has 19 heavy (non-hydrogen) atoms. The van der Waals surface area contributed by atoms with Gasteiger partial charge in [0.25, 0.3) is 0 Å². The van der Waals surface area contributed by atoms with Crippen LogP contribution in [0.15, 0.2) is 0 Å². The zero-order valence-corrected chi connectivity index (χ0v) is 11.9. The molecule has 3 fully saturated rings. The van der Waals surface area contributed by atoms with Crippen LogP contribution in [0.4, 0.5) is 0 Å². The Bertz CT molecular complexity index is 301. The van der Waals surface area contributed by atoms with Gasteiger partial charge >= 0.3 is 0 Å². The summed E-state index contributed by atoms with van der Waals surface area (Å²) in [5, 5.41) is 3.32. The molecule has 4 nitrogen and oxygen atoms in total. The first kappa shape index (κ1) is 13.4.